The summed E-state index contributed by atoms with van der Waals surface area (Å²) in [5.41, 5.74) is 8.11. The molecule has 106 valence electrons. The van der Waals surface area contributed by atoms with Crippen LogP contribution < -0.4 is 5.73 Å². The number of rotatable bonds is 8. The maximum absolute atomic E-state index is 10.9. The van der Waals surface area contributed by atoms with Crippen LogP contribution in [0.1, 0.15) is 37.3 Å². The number of aliphatic carboxylic acids is 1. The lowest BCUT2D eigenvalue weighted by Crippen LogP contribution is -2.25. The standard InChI is InChI=1S/C16H25NO2/c1-12-6-8-14(9-7-12)5-3-4-13(2)10-15(11-17)16(18)19/h6-9,13,15H,3-5,10-11,17H2,1-2H3,(H,18,19). The molecular formula is C16H25NO2. The number of benzene rings is 1. The Balaban J connectivity index is 2.28. The summed E-state index contributed by atoms with van der Waals surface area (Å²) in [7, 11) is 0. The van der Waals surface area contributed by atoms with Gasteiger partial charge in [0.1, 0.15) is 0 Å². The molecule has 0 amide bonds. The van der Waals surface area contributed by atoms with Gasteiger partial charge in [-0.2, -0.15) is 0 Å². The number of nitrogens with two attached hydrogens (primary N) is 1. The Bertz CT molecular complexity index is 386. The predicted molar refractivity (Wildman–Crippen MR) is 78.1 cm³/mol. The normalized spacial score (nSPS) is 14.1. The van der Waals surface area contributed by atoms with Crippen molar-refractivity contribution < 1.29 is 9.90 Å². The van der Waals surface area contributed by atoms with Crippen LogP contribution in [-0.2, 0) is 11.2 Å². The number of carboxylic acid groups (broad SMARTS) is 1. The van der Waals surface area contributed by atoms with E-state index < -0.39 is 11.9 Å². The lowest BCUT2D eigenvalue weighted by Gasteiger charge is -2.16. The van der Waals surface area contributed by atoms with Gasteiger partial charge in [0.05, 0.1) is 5.92 Å². The molecule has 0 aliphatic rings. The number of carbonyl (C=O) groups is 1. The minimum absolute atomic E-state index is 0.234. The molecule has 0 bridgehead atoms. The van der Waals surface area contributed by atoms with Crippen LogP contribution in [-0.4, -0.2) is 17.6 Å². The van der Waals surface area contributed by atoms with Crippen LogP contribution in [0.3, 0.4) is 0 Å². The zero-order chi connectivity index (χ0) is 14.3. The van der Waals surface area contributed by atoms with Gasteiger partial charge in [-0.25, -0.2) is 0 Å². The molecule has 0 saturated carbocycles. The molecule has 3 nitrogen and oxygen atoms in total. The summed E-state index contributed by atoms with van der Waals surface area (Å²) in [6.07, 6.45) is 3.89. The van der Waals surface area contributed by atoms with E-state index in [-0.39, 0.29) is 6.54 Å². The van der Waals surface area contributed by atoms with E-state index in [1.807, 2.05) is 0 Å². The average molecular weight is 263 g/mol. The summed E-state index contributed by atoms with van der Waals surface area (Å²) >= 11 is 0. The largest absolute Gasteiger partial charge is 0.481 e. The van der Waals surface area contributed by atoms with Gasteiger partial charge in [0.25, 0.3) is 0 Å². The number of hydrogen-bond acceptors (Lipinski definition) is 2. The van der Waals surface area contributed by atoms with Crippen molar-refractivity contribution in [3.63, 3.8) is 0 Å². The third-order valence-corrected chi connectivity index (χ3v) is 3.60. The van der Waals surface area contributed by atoms with Crippen LogP contribution in [0.5, 0.6) is 0 Å². The van der Waals surface area contributed by atoms with Crippen molar-refractivity contribution in [3.05, 3.63) is 35.4 Å². The monoisotopic (exact) mass is 263 g/mol. The Morgan fingerprint density at radius 1 is 1.32 bits per heavy atom. The average Bonchev–Trinajstić information content (AvgIpc) is 2.38. The molecule has 1 aromatic rings. The third-order valence-electron chi connectivity index (χ3n) is 3.60. The van der Waals surface area contributed by atoms with Crippen molar-refractivity contribution in [2.45, 2.75) is 39.5 Å². The van der Waals surface area contributed by atoms with E-state index in [2.05, 4.69) is 38.1 Å². The van der Waals surface area contributed by atoms with Crippen LogP contribution >= 0.6 is 0 Å². The summed E-state index contributed by atoms with van der Waals surface area (Å²) in [6.45, 7) is 4.43. The van der Waals surface area contributed by atoms with Crippen LogP contribution in [0.15, 0.2) is 24.3 Å². The molecule has 2 atom stereocenters. The molecule has 3 heteroatoms. The van der Waals surface area contributed by atoms with E-state index in [0.29, 0.717) is 12.3 Å². The lowest BCUT2D eigenvalue weighted by molar-refractivity contribution is -0.141. The van der Waals surface area contributed by atoms with E-state index >= 15 is 0 Å². The molecule has 0 aromatic heterocycles. The minimum Gasteiger partial charge on any atom is -0.481 e. The van der Waals surface area contributed by atoms with Crippen molar-refractivity contribution in [3.8, 4) is 0 Å². The van der Waals surface area contributed by atoms with E-state index in [0.717, 1.165) is 19.3 Å². The summed E-state index contributed by atoms with van der Waals surface area (Å²) in [5.74, 6) is -0.752. The molecule has 0 spiro atoms. The second-order valence-electron chi connectivity index (χ2n) is 5.49. The summed E-state index contributed by atoms with van der Waals surface area (Å²) < 4.78 is 0. The van der Waals surface area contributed by atoms with E-state index in [9.17, 15) is 4.79 Å². The van der Waals surface area contributed by atoms with Crippen molar-refractivity contribution in [2.75, 3.05) is 6.54 Å². The Labute approximate surface area is 115 Å². The Kier molecular flexibility index (Phi) is 6.57. The SMILES string of the molecule is Cc1ccc(CCCC(C)CC(CN)C(=O)O)cc1. The summed E-state index contributed by atoms with van der Waals surface area (Å²) in [5, 5.41) is 8.97. The van der Waals surface area contributed by atoms with Crippen molar-refractivity contribution in [1.82, 2.24) is 0 Å². The smallest absolute Gasteiger partial charge is 0.307 e. The first-order valence-corrected chi connectivity index (χ1v) is 7.01. The van der Waals surface area contributed by atoms with Gasteiger partial charge in [0.2, 0.25) is 0 Å². The molecular weight excluding hydrogens is 238 g/mol. The molecule has 3 N–H and O–H groups in total. The number of aryl methyl sites for hydroxylation is 2. The van der Waals surface area contributed by atoms with Gasteiger partial charge < -0.3 is 10.8 Å². The van der Waals surface area contributed by atoms with Gasteiger partial charge in [-0.15, -0.1) is 0 Å². The molecule has 0 fully saturated rings. The molecule has 0 heterocycles. The maximum atomic E-state index is 10.9. The Hall–Kier alpha value is -1.35. The van der Waals surface area contributed by atoms with E-state index in [1.165, 1.54) is 11.1 Å². The molecule has 19 heavy (non-hydrogen) atoms. The fourth-order valence-corrected chi connectivity index (χ4v) is 2.31. The van der Waals surface area contributed by atoms with Gasteiger partial charge in [0.15, 0.2) is 0 Å². The molecule has 1 rings (SSSR count). The fraction of sp³-hybridized carbons (Fsp3) is 0.562. The molecule has 2 unspecified atom stereocenters. The molecule has 1 aromatic carbocycles. The second-order valence-corrected chi connectivity index (χ2v) is 5.49. The van der Waals surface area contributed by atoms with Gasteiger partial charge in [-0.3, -0.25) is 4.79 Å². The lowest BCUT2D eigenvalue weighted by atomic mass is 9.91. The minimum atomic E-state index is -0.770. The predicted octanol–water partition coefficient (Wildman–Crippen LogP) is 3.00. The van der Waals surface area contributed by atoms with Crippen LogP contribution in [0, 0.1) is 18.8 Å². The maximum Gasteiger partial charge on any atom is 0.307 e. The molecule has 0 saturated heterocycles. The zero-order valence-electron chi connectivity index (χ0n) is 11.9. The zero-order valence-corrected chi connectivity index (χ0v) is 11.9. The Morgan fingerprint density at radius 3 is 2.47 bits per heavy atom. The quantitative estimate of drug-likeness (QED) is 0.758. The van der Waals surface area contributed by atoms with Crippen molar-refractivity contribution >= 4 is 5.97 Å². The molecule has 0 radical (unpaired) electrons. The first-order valence-electron chi connectivity index (χ1n) is 7.01. The first-order chi connectivity index (χ1) is 9.02. The molecule has 0 aliphatic carbocycles. The van der Waals surface area contributed by atoms with E-state index in [1.54, 1.807) is 0 Å². The molecule has 0 aliphatic heterocycles. The highest BCUT2D eigenvalue weighted by Crippen LogP contribution is 2.18. The summed E-state index contributed by atoms with van der Waals surface area (Å²) in [4.78, 5) is 10.9. The highest BCUT2D eigenvalue weighted by Gasteiger charge is 2.18. The van der Waals surface area contributed by atoms with Gasteiger partial charge >= 0.3 is 5.97 Å². The van der Waals surface area contributed by atoms with Crippen LogP contribution in [0.25, 0.3) is 0 Å². The highest BCUT2D eigenvalue weighted by atomic mass is 16.4. The van der Waals surface area contributed by atoms with Crippen molar-refractivity contribution in [2.24, 2.45) is 17.6 Å². The topological polar surface area (TPSA) is 63.3 Å². The number of carboxylic acids is 1. The third kappa shape index (κ3) is 5.88. The fourth-order valence-electron chi connectivity index (χ4n) is 2.31. The van der Waals surface area contributed by atoms with Gasteiger partial charge in [-0.1, -0.05) is 43.2 Å². The van der Waals surface area contributed by atoms with E-state index in [4.69, 9.17) is 10.8 Å². The van der Waals surface area contributed by atoms with Crippen molar-refractivity contribution in [1.29, 1.82) is 0 Å². The first kappa shape index (κ1) is 15.7. The second kappa shape index (κ2) is 7.95. The number of hydrogen-bond donors (Lipinski definition) is 2. The van der Waals surface area contributed by atoms with Gasteiger partial charge in [-0.05, 0) is 37.7 Å². The summed E-state index contributed by atoms with van der Waals surface area (Å²) in [6, 6.07) is 8.60. The van der Waals surface area contributed by atoms with Crippen LogP contribution in [0.4, 0.5) is 0 Å². The highest BCUT2D eigenvalue weighted by molar-refractivity contribution is 5.70. The van der Waals surface area contributed by atoms with Crippen LogP contribution in [0.2, 0.25) is 0 Å². The Morgan fingerprint density at radius 2 is 1.95 bits per heavy atom. The van der Waals surface area contributed by atoms with Gasteiger partial charge in [0, 0.05) is 6.54 Å².